The Hall–Kier alpha value is -3.19. The van der Waals surface area contributed by atoms with Gasteiger partial charge in [0.05, 0.1) is 19.3 Å². The highest BCUT2D eigenvalue weighted by Crippen LogP contribution is 2.40. The van der Waals surface area contributed by atoms with E-state index in [0.717, 1.165) is 43.9 Å². The lowest BCUT2D eigenvalue weighted by molar-refractivity contribution is -0.125. The maximum atomic E-state index is 12.9. The van der Waals surface area contributed by atoms with E-state index in [1.54, 1.807) is 0 Å². The van der Waals surface area contributed by atoms with Crippen molar-refractivity contribution in [3.63, 3.8) is 0 Å². The number of amides is 2. The van der Waals surface area contributed by atoms with Gasteiger partial charge in [-0.3, -0.25) is 19.5 Å². The molecule has 7 heteroatoms. The molecule has 34 heavy (non-hydrogen) atoms. The predicted molar refractivity (Wildman–Crippen MR) is 132 cm³/mol. The first-order valence-electron chi connectivity index (χ1n) is 12.4. The Bertz CT molecular complexity index is 1120. The number of hydrogen-bond acceptors (Lipinski definition) is 5. The van der Waals surface area contributed by atoms with Crippen molar-refractivity contribution in [3.8, 4) is 0 Å². The zero-order valence-corrected chi connectivity index (χ0v) is 19.4. The van der Waals surface area contributed by atoms with Gasteiger partial charge in [0.1, 0.15) is 11.4 Å². The summed E-state index contributed by atoms with van der Waals surface area (Å²) in [5, 5.41) is 6.13. The first-order valence-corrected chi connectivity index (χ1v) is 12.4. The second-order valence-corrected chi connectivity index (χ2v) is 9.97. The third-order valence-electron chi connectivity index (χ3n) is 8.10. The number of benzene rings is 2. The molecule has 3 aliphatic heterocycles. The van der Waals surface area contributed by atoms with Gasteiger partial charge in [0, 0.05) is 31.1 Å². The zero-order valence-electron chi connectivity index (χ0n) is 19.4. The summed E-state index contributed by atoms with van der Waals surface area (Å²) in [5.74, 6) is 1.32. The molecule has 0 saturated carbocycles. The Kier molecular flexibility index (Phi) is 5.37. The van der Waals surface area contributed by atoms with Crippen LogP contribution >= 0.6 is 0 Å². The molecule has 2 saturated heterocycles. The summed E-state index contributed by atoms with van der Waals surface area (Å²) in [6.07, 6.45) is 4.34. The van der Waals surface area contributed by atoms with Crippen LogP contribution in [0.15, 0.2) is 59.6 Å². The van der Waals surface area contributed by atoms with Crippen LogP contribution in [-0.2, 0) is 16.0 Å². The number of nitrogens with one attached hydrogen (secondary N) is 2. The Morgan fingerprint density at radius 1 is 1.09 bits per heavy atom. The smallest absolute Gasteiger partial charge is 0.247 e. The summed E-state index contributed by atoms with van der Waals surface area (Å²) < 4.78 is 0. The average Bonchev–Trinajstić information content (AvgIpc) is 3.42. The largest absolute Gasteiger partial charge is 0.339 e. The monoisotopic (exact) mass is 457 g/mol. The van der Waals surface area contributed by atoms with Crippen LogP contribution in [0.2, 0.25) is 0 Å². The molecule has 7 nitrogen and oxygen atoms in total. The van der Waals surface area contributed by atoms with Crippen molar-refractivity contribution in [2.45, 2.75) is 49.6 Å². The molecule has 4 aliphatic rings. The molecule has 2 aromatic rings. The van der Waals surface area contributed by atoms with E-state index < -0.39 is 5.54 Å². The zero-order chi connectivity index (χ0) is 23.1. The van der Waals surface area contributed by atoms with E-state index in [9.17, 15) is 9.59 Å². The molecule has 0 unspecified atom stereocenters. The molecule has 3 heterocycles. The van der Waals surface area contributed by atoms with Crippen molar-refractivity contribution < 1.29 is 9.59 Å². The van der Waals surface area contributed by atoms with Crippen LogP contribution in [0.1, 0.15) is 42.7 Å². The van der Waals surface area contributed by atoms with Crippen LogP contribution < -0.4 is 15.5 Å². The fraction of sp³-hybridized carbons (Fsp3) is 0.444. The van der Waals surface area contributed by atoms with Crippen LogP contribution in [-0.4, -0.2) is 60.4 Å². The SMILES string of the molecule is O=C(CN1CCC2(CC1)C(=O)NCN2c1ccccc1)NC1=N[C@@H]2CCc3ccccc3[C@@H]2C1. The molecule has 2 N–H and O–H groups in total. The quantitative estimate of drug-likeness (QED) is 0.742. The molecule has 2 amide bonds. The van der Waals surface area contributed by atoms with Gasteiger partial charge in [-0.25, -0.2) is 0 Å². The number of nitrogens with zero attached hydrogens (tertiary/aromatic N) is 3. The summed E-state index contributed by atoms with van der Waals surface area (Å²) in [6.45, 7) is 2.31. The number of rotatable bonds is 3. The summed E-state index contributed by atoms with van der Waals surface area (Å²) in [7, 11) is 0. The minimum absolute atomic E-state index is 0.00239. The molecular formula is C27H31N5O2. The van der Waals surface area contributed by atoms with Gasteiger partial charge in [0.25, 0.3) is 0 Å². The first-order chi connectivity index (χ1) is 16.6. The van der Waals surface area contributed by atoms with Crippen molar-refractivity contribution in [1.29, 1.82) is 0 Å². The molecule has 1 aliphatic carbocycles. The molecule has 0 radical (unpaired) electrons. The molecule has 2 aromatic carbocycles. The fourth-order valence-electron chi connectivity index (χ4n) is 6.30. The van der Waals surface area contributed by atoms with E-state index in [-0.39, 0.29) is 17.9 Å². The van der Waals surface area contributed by atoms with Gasteiger partial charge in [-0.15, -0.1) is 0 Å². The van der Waals surface area contributed by atoms with E-state index in [1.165, 1.54) is 11.1 Å². The normalized spacial score (nSPS) is 25.5. The number of piperidine rings is 1. The minimum atomic E-state index is -0.521. The number of aryl methyl sites for hydroxylation is 1. The van der Waals surface area contributed by atoms with Crippen molar-refractivity contribution in [3.05, 3.63) is 65.7 Å². The number of amidine groups is 1. The number of fused-ring (bicyclic) bond motifs is 3. The highest BCUT2D eigenvalue weighted by molar-refractivity contribution is 6.00. The number of likely N-dealkylation sites (tertiary alicyclic amines) is 1. The summed E-state index contributed by atoms with van der Waals surface area (Å²) in [5.41, 5.74) is 3.36. The number of carbonyl (C=O) groups is 2. The second kappa shape index (κ2) is 8.55. The standard InChI is InChI=1S/C27H31N5O2/c33-25(30-24-16-22-21-9-5-4-6-19(21)10-11-23(22)29-24)17-31-14-12-27(13-15-31)26(34)28-18-32(27)20-7-2-1-3-8-20/h1-9,22-23H,10-18H2,(H,28,34)(H,29,30,33)/t22-,23+/m0/s1. The Morgan fingerprint density at radius 2 is 1.85 bits per heavy atom. The molecule has 1 spiro atoms. The van der Waals surface area contributed by atoms with Crippen molar-refractivity contribution in [2.24, 2.45) is 4.99 Å². The molecule has 6 rings (SSSR count). The number of anilines is 1. The van der Waals surface area contributed by atoms with Gasteiger partial charge in [-0.2, -0.15) is 0 Å². The van der Waals surface area contributed by atoms with E-state index in [2.05, 4.69) is 56.8 Å². The van der Waals surface area contributed by atoms with E-state index in [1.807, 2.05) is 18.2 Å². The lowest BCUT2D eigenvalue weighted by Crippen LogP contribution is -2.57. The maximum Gasteiger partial charge on any atom is 0.247 e. The fourth-order valence-corrected chi connectivity index (χ4v) is 6.30. The minimum Gasteiger partial charge on any atom is -0.339 e. The van der Waals surface area contributed by atoms with Gasteiger partial charge < -0.3 is 15.5 Å². The van der Waals surface area contributed by atoms with Crippen LogP contribution in [0.4, 0.5) is 5.69 Å². The lowest BCUT2D eigenvalue weighted by Gasteiger charge is -2.43. The first kappa shape index (κ1) is 21.4. The highest BCUT2D eigenvalue weighted by atomic mass is 16.2. The van der Waals surface area contributed by atoms with Gasteiger partial charge in [-0.05, 0) is 48.9 Å². The van der Waals surface area contributed by atoms with Gasteiger partial charge >= 0.3 is 0 Å². The van der Waals surface area contributed by atoms with Crippen LogP contribution in [0.25, 0.3) is 0 Å². The van der Waals surface area contributed by atoms with Crippen LogP contribution in [0.5, 0.6) is 0 Å². The number of hydrogen-bond donors (Lipinski definition) is 2. The molecule has 0 bridgehead atoms. The highest BCUT2D eigenvalue weighted by Gasteiger charge is 2.50. The lowest BCUT2D eigenvalue weighted by atomic mass is 9.79. The van der Waals surface area contributed by atoms with Gasteiger partial charge in [-0.1, -0.05) is 42.5 Å². The molecule has 2 fully saturated rings. The van der Waals surface area contributed by atoms with E-state index in [4.69, 9.17) is 4.99 Å². The Morgan fingerprint density at radius 3 is 2.68 bits per heavy atom. The van der Waals surface area contributed by atoms with E-state index >= 15 is 0 Å². The van der Waals surface area contributed by atoms with Crippen LogP contribution in [0.3, 0.4) is 0 Å². The Labute approximate surface area is 200 Å². The topological polar surface area (TPSA) is 77.0 Å². The van der Waals surface area contributed by atoms with Crippen molar-refractivity contribution in [2.75, 3.05) is 31.2 Å². The maximum absolute atomic E-state index is 12.9. The molecule has 176 valence electrons. The third-order valence-corrected chi connectivity index (χ3v) is 8.10. The van der Waals surface area contributed by atoms with Crippen molar-refractivity contribution >= 4 is 23.3 Å². The Balaban J connectivity index is 1.06. The number of aliphatic imine (C=N–C) groups is 1. The van der Waals surface area contributed by atoms with Gasteiger partial charge in [0.2, 0.25) is 11.8 Å². The summed E-state index contributed by atoms with van der Waals surface area (Å²) in [6, 6.07) is 19.0. The van der Waals surface area contributed by atoms with Gasteiger partial charge in [0.15, 0.2) is 0 Å². The van der Waals surface area contributed by atoms with Crippen LogP contribution in [0, 0.1) is 0 Å². The molecule has 2 atom stereocenters. The average molecular weight is 458 g/mol. The summed E-state index contributed by atoms with van der Waals surface area (Å²) >= 11 is 0. The van der Waals surface area contributed by atoms with E-state index in [0.29, 0.717) is 32.0 Å². The number of para-hydroxylation sites is 1. The predicted octanol–water partition coefficient (Wildman–Crippen LogP) is 2.43. The van der Waals surface area contributed by atoms with Crippen molar-refractivity contribution in [1.82, 2.24) is 15.5 Å². The third kappa shape index (κ3) is 3.68. The second-order valence-electron chi connectivity index (χ2n) is 9.97. The molecular weight excluding hydrogens is 426 g/mol. The molecule has 0 aromatic heterocycles. The summed E-state index contributed by atoms with van der Waals surface area (Å²) in [4.78, 5) is 34.9. The number of carbonyl (C=O) groups excluding carboxylic acids is 2.